The van der Waals surface area contributed by atoms with Gasteiger partial charge in [-0.25, -0.2) is 0 Å². The third-order valence-corrected chi connectivity index (χ3v) is 2.59. The van der Waals surface area contributed by atoms with Crippen LogP contribution in [0.25, 0.3) is 0 Å². The van der Waals surface area contributed by atoms with E-state index in [-0.39, 0.29) is 5.92 Å². The number of hydrogen-bond acceptors (Lipinski definition) is 2. The third kappa shape index (κ3) is 1.61. The highest BCUT2D eigenvalue weighted by Gasteiger charge is 2.04. The number of terminal acetylenes is 1. The largest absolute Gasteiger partial charge is 0.192 e. The van der Waals surface area contributed by atoms with Crippen molar-refractivity contribution in [1.82, 2.24) is 0 Å². The van der Waals surface area contributed by atoms with Gasteiger partial charge in [-0.15, -0.1) is 17.8 Å². The molecule has 1 aromatic heterocycles. The van der Waals surface area contributed by atoms with E-state index in [2.05, 4.69) is 12.0 Å². The normalized spacial score (nSPS) is 11.5. The van der Waals surface area contributed by atoms with Crippen LogP contribution in [0.2, 0.25) is 0 Å². The Morgan fingerprint density at radius 1 is 1.64 bits per heavy atom. The third-order valence-electron chi connectivity index (χ3n) is 1.41. The summed E-state index contributed by atoms with van der Waals surface area (Å²) in [7, 11) is 0. The van der Waals surface area contributed by atoms with E-state index < -0.39 is 0 Å². The Morgan fingerprint density at radius 3 is 2.82 bits per heavy atom. The molecular weight excluding hydrogens is 154 g/mol. The van der Waals surface area contributed by atoms with E-state index >= 15 is 0 Å². The fourth-order valence-electron chi connectivity index (χ4n) is 0.728. The highest BCUT2D eigenvalue weighted by atomic mass is 32.1. The lowest BCUT2D eigenvalue weighted by Crippen LogP contribution is -1.81. The summed E-state index contributed by atoms with van der Waals surface area (Å²) in [5.74, 6) is 2.75. The zero-order valence-corrected chi connectivity index (χ0v) is 6.98. The molecule has 0 aliphatic carbocycles. The van der Waals surface area contributed by atoms with Gasteiger partial charge in [0.1, 0.15) is 10.9 Å². The predicted molar refractivity (Wildman–Crippen MR) is 46.3 cm³/mol. The minimum atomic E-state index is 0.127. The fourth-order valence-corrected chi connectivity index (χ4v) is 1.54. The van der Waals surface area contributed by atoms with E-state index in [1.54, 1.807) is 6.07 Å². The average molecular weight is 161 g/mol. The first kappa shape index (κ1) is 7.85. The summed E-state index contributed by atoms with van der Waals surface area (Å²) in [5.41, 5.74) is 0. The predicted octanol–water partition coefficient (Wildman–Crippen LogP) is 2.36. The minimum absolute atomic E-state index is 0.127. The van der Waals surface area contributed by atoms with E-state index in [1.165, 1.54) is 11.3 Å². The monoisotopic (exact) mass is 161 g/mol. The summed E-state index contributed by atoms with van der Waals surface area (Å²) in [4.78, 5) is 1.81. The van der Waals surface area contributed by atoms with Crippen LogP contribution in [0.3, 0.4) is 0 Å². The standard InChI is InChI=1S/C9H7NS/c1-3-7(2)9-5-4-8(6-10)11-9/h1,4-5,7H,2H3. The van der Waals surface area contributed by atoms with E-state index in [9.17, 15) is 0 Å². The summed E-state index contributed by atoms with van der Waals surface area (Å²) in [6, 6.07) is 5.79. The Kier molecular flexibility index (Phi) is 2.31. The Labute approximate surface area is 70.3 Å². The van der Waals surface area contributed by atoms with Gasteiger partial charge in [-0.1, -0.05) is 5.92 Å². The lowest BCUT2D eigenvalue weighted by molar-refractivity contribution is 1.04. The molecule has 0 aromatic carbocycles. The highest BCUT2D eigenvalue weighted by Crippen LogP contribution is 2.23. The van der Waals surface area contributed by atoms with Crippen LogP contribution >= 0.6 is 11.3 Å². The summed E-state index contributed by atoms with van der Waals surface area (Å²) >= 11 is 1.46. The molecule has 54 valence electrons. The number of thiophene rings is 1. The van der Waals surface area contributed by atoms with Crippen molar-refractivity contribution in [3.05, 3.63) is 21.9 Å². The number of nitrogens with zero attached hydrogens (tertiary/aromatic N) is 1. The molecule has 1 unspecified atom stereocenters. The van der Waals surface area contributed by atoms with Gasteiger partial charge in [-0.3, -0.25) is 0 Å². The van der Waals surface area contributed by atoms with Crippen molar-refractivity contribution in [2.75, 3.05) is 0 Å². The number of hydrogen-bond donors (Lipinski definition) is 0. The fraction of sp³-hybridized carbons (Fsp3) is 0.222. The van der Waals surface area contributed by atoms with Crippen LogP contribution in [0.15, 0.2) is 12.1 Å². The number of rotatable bonds is 1. The van der Waals surface area contributed by atoms with E-state index in [0.717, 1.165) is 9.75 Å². The molecule has 0 radical (unpaired) electrons. The molecular formula is C9H7NS. The highest BCUT2D eigenvalue weighted by molar-refractivity contribution is 7.12. The molecule has 1 aromatic rings. The molecule has 11 heavy (non-hydrogen) atoms. The van der Waals surface area contributed by atoms with Crippen LogP contribution in [0.1, 0.15) is 22.6 Å². The van der Waals surface area contributed by atoms with Gasteiger partial charge in [-0.2, -0.15) is 5.26 Å². The van der Waals surface area contributed by atoms with Crippen LogP contribution in [-0.2, 0) is 0 Å². The van der Waals surface area contributed by atoms with E-state index in [1.807, 2.05) is 13.0 Å². The molecule has 0 saturated carbocycles. The average Bonchev–Trinajstić information content (AvgIpc) is 2.50. The molecule has 0 aliphatic heterocycles. The quantitative estimate of drug-likeness (QED) is 0.580. The van der Waals surface area contributed by atoms with E-state index in [0.29, 0.717) is 0 Å². The van der Waals surface area contributed by atoms with Gasteiger partial charge < -0.3 is 0 Å². The first-order chi connectivity index (χ1) is 5.27. The topological polar surface area (TPSA) is 23.8 Å². The summed E-state index contributed by atoms with van der Waals surface area (Å²) in [6.45, 7) is 1.95. The number of nitriles is 1. The van der Waals surface area contributed by atoms with Crippen LogP contribution in [0.4, 0.5) is 0 Å². The van der Waals surface area contributed by atoms with Crippen LogP contribution < -0.4 is 0 Å². The Bertz CT molecular complexity index is 324. The second-order valence-corrected chi connectivity index (χ2v) is 3.32. The Morgan fingerprint density at radius 2 is 2.36 bits per heavy atom. The SMILES string of the molecule is C#CC(C)c1ccc(C#N)s1. The maximum absolute atomic E-state index is 8.51. The molecule has 0 fully saturated rings. The van der Waals surface area contributed by atoms with Gasteiger partial charge in [0.25, 0.3) is 0 Å². The second kappa shape index (κ2) is 3.23. The Hall–Kier alpha value is -1.25. The molecule has 0 N–H and O–H groups in total. The van der Waals surface area contributed by atoms with Crippen LogP contribution in [-0.4, -0.2) is 0 Å². The molecule has 1 rings (SSSR count). The minimum Gasteiger partial charge on any atom is -0.192 e. The van der Waals surface area contributed by atoms with Gasteiger partial charge >= 0.3 is 0 Å². The van der Waals surface area contributed by atoms with Crippen molar-refractivity contribution < 1.29 is 0 Å². The second-order valence-electron chi connectivity index (χ2n) is 2.20. The molecule has 0 bridgehead atoms. The molecule has 1 atom stereocenters. The zero-order chi connectivity index (χ0) is 8.27. The van der Waals surface area contributed by atoms with Gasteiger partial charge in [0.05, 0.1) is 5.92 Å². The molecule has 0 spiro atoms. The van der Waals surface area contributed by atoms with Crippen molar-refractivity contribution in [1.29, 1.82) is 5.26 Å². The molecule has 0 aliphatic rings. The van der Waals surface area contributed by atoms with Crippen molar-refractivity contribution in [2.45, 2.75) is 12.8 Å². The maximum atomic E-state index is 8.51. The smallest absolute Gasteiger partial charge is 0.110 e. The summed E-state index contributed by atoms with van der Waals surface area (Å²) < 4.78 is 0. The van der Waals surface area contributed by atoms with Gasteiger partial charge in [0, 0.05) is 4.88 Å². The first-order valence-corrected chi connectivity index (χ1v) is 4.05. The molecule has 0 amide bonds. The summed E-state index contributed by atoms with van der Waals surface area (Å²) in [5, 5.41) is 8.51. The van der Waals surface area contributed by atoms with Crippen LogP contribution in [0.5, 0.6) is 0 Å². The lowest BCUT2D eigenvalue weighted by atomic mass is 10.1. The van der Waals surface area contributed by atoms with Crippen molar-refractivity contribution >= 4 is 11.3 Å². The maximum Gasteiger partial charge on any atom is 0.110 e. The van der Waals surface area contributed by atoms with Gasteiger partial charge in [0.15, 0.2) is 0 Å². The molecule has 1 heterocycles. The van der Waals surface area contributed by atoms with Crippen molar-refractivity contribution in [3.63, 3.8) is 0 Å². The first-order valence-electron chi connectivity index (χ1n) is 3.24. The summed E-state index contributed by atoms with van der Waals surface area (Å²) in [6.07, 6.45) is 5.23. The lowest BCUT2D eigenvalue weighted by Gasteiger charge is -1.95. The van der Waals surface area contributed by atoms with Gasteiger partial charge in [-0.05, 0) is 19.1 Å². The molecule has 1 nitrogen and oxygen atoms in total. The Balaban J connectivity index is 2.93. The molecule has 2 heteroatoms. The van der Waals surface area contributed by atoms with Gasteiger partial charge in [0.2, 0.25) is 0 Å². The van der Waals surface area contributed by atoms with Crippen molar-refractivity contribution in [3.8, 4) is 18.4 Å². The van der Waals surface area contributed by atoms with E-state index in [4.69, 9.17) is 11.7 Å². The zero-order valence-electron chi connectivity index (χ0n) is 6.16. The van der Waals surface area contributed by atoms with Crippen molar-refractivity contribution in [2.24, 2.45) is 0 Å². The molecule has 0 saturated heterocycles. The van der Waals surface area contributed by atoms with Crippen LogP contribution in [0, 0.1) is 23.7 Å².